The summed E-state index contributed by atoms with van der Waals surface area (Å²) in [5.74, 6) is 1.45. The number of carbonyl (C=O) groups excluding carboxylic acids is 1. The van der Waals surface area contributed by atoms with Crippen molar-refractivity contribution in [1.82, 2.24) is 0 Å². The van der Waals surface area contributed by atoms with Gasteiger partial charge in [-0.05, 0) is 36.6 Å². The summed E-state index contributed by atoms with van der Waals surface area (Å²) in [6.45, 7) is 0.492. The molecule has 2 aromatic rings. The van der Waals surface area contributed by atoms with Gasteiger partial charge < -0.3 is 4.74 Å². The van der Waals surface area contributed by atoms with E-state index in [1.165, 1.54) is 0 Å². The Hall–Kier alpha value is -2.14. The Morgan fingerprint density at radius 3 is 2.17 bits per heavy atom. The van der Waals surface area contributed by atoms with E-state index in [-0.39, 0.29) is 23.2 Å². The molecule has 0 bridgehead atoms. The minimum absolute atomic E-state index is 0.0168. The molecule has 5 heteroatoms. The fraction of sp³-hybridized carbons (Fsp3) is 0.278. The summed E-state index contributed by atoms with van der Waals surface area (Å²) in [5, 5.41) is 0. The molecule has 1 saturated heterocycles. The molecule has 1 aliphatic rings. The molecule has 1 aliphatic heterocycles. The van der Waals surface area contributed by atoms with Crippen molar-refractivity contribution in [2.24, 2.45) is 5.92 Å². The van der Waals surface area contributed by atoms with Crippen molar-refractivity contribution < 1.29 is 17.9 Å². The molecule has 120 valence electrons. The average Bonchev–Trinajstić information content (AvgIpc) is 2.54. The van der Waals surface area contributed by atoms with E-state index in [9.17, 15) is 13.2 Å². The zero-order chi connectivity index (χ0) is 16.3. The van der Waals surface area contributed by atoms with E-state index in [0.29, 0.717) is 23.5 Å². The van der Waals surface area contributed by atoms with E-state index >= 15 is 0 Å². The molecule has 0 aliphatic carbocycles. The molecular weight excluding hydrogens is 312 g/mol. The molecule has 23 heavy (non-hydrogen) atoms. The van der Waals surface area contributed by atoms with Gasteiger partial charge in [0, 0.05) is 11.1 Å². The Morgan fingerprint density at radius 2 is 1.57 bits per heavy atom. The number of ketones is 1. The van der Waals surface area contributed by atoms with Gasteiger partial charge in [0.05, 0.1) is 18.1 Å². The van der Waals surface area contributed by atoms with Crippen LogP contribution in [-0.4, -0.2) is 32.3 Å². The van der Waals surface area contributed by atoms with E-state index in [1.807, 2.05) is 18.2 Å². The lowest BCUT2D eigenvalue weighted by atomic mass is 10.0. The topological polar surface area (TPSA) is 60.4 Å². The van der Waals surface area contributed by atoms with Crippen LogP contribution in [0.25, 0.3) is 0 Å². The van der Waals surface area contributed by atoms with E-state index in [4.69, 9.17) is 4.74 Å². The van der Waals surface area contributed by atoms with Crippen LogP contribution in [0.1, 0.15) is 22.3 Å². The molecule has 0 saturated carbocycles. The lowest BCUT2D eigenvalue weighted by molar-refractivity contribution is 0.103. The van der Waals surface area contributed by atoms with Crippen LogP contribution in [0.5, 0.6) is 5.75 Å². The molecule has 3 rings (SSSR count). The molecule has 2 aromatic carbocycles. The van der Waals surface area contributed by atoms with Gasteiger partial charge in [0.1, 0.15) is 5.75 Å². The first-order valence-corrected chi connectivity index (χ1v) is 9.39. The first-order valence-electron chi connectivity index (χ1n) is 7.56. The third-order valence-electron chi connectivity index (χ3n) is 3.93. The van der Waals surface area contributed by atoms with Crippen LogP contribution < -0.4 is 4.74 Å². The number of rotatable bonds is 6. The molecular formula is C18H18O4S. The summed E-state index contributed by atoms with van der Waals surface area (Å²) in [4.78, 5) is 12.3. The summed E-state index contributed by atoms with van der Waals surface area (Å²) < 4.78 is 27.8. The van der Waals surface area contributed by atoms with Crippen LogP contribution in [0, 0.1) is 5.92 Å². The molecule has 0 N–H and O–H groups in total. The van der Waals surface area contributed by atoms with Crippen molar-refractivity contribution in [3.63, 3.8) is 0 Å². The number of hydrogen-bond donors (Lipinski definition) is 0. The van der Waals surface area contributed by atoms with Crippen LogP contribution >= 0.6 is 0 Å². The van der Waals surface area contributed by atoms with Gasteiger partial charge in [0.2, 0.25) is 0 Å². The van der Waals surface area contributed by atoms with Gasteiger partial charge in [-0.2, -0.15) is 0 Å². The molecule has 0 amide bonds. The minimum atomic E-state index is -2.76. The van der Waals surface area contributed by atoms with Crippen molar-refractivity contribution in [3.8, 4) is 5.75 Å². The summed E-state index contributed by atoms with van der Waals surface area (Å²) >= 11 is 0. The zero-order valence-electron chi connectivity index (χ0n) is 12.6. The van der Waals surface area contributed by atoms with E-state index in [1.54, 1.807) is 36.4 Å². The van der Waals surface area contributed by atoms with Crippen molar-refractivity contribution in [3.05, 3.63) is 65.7 Å². The lowest BCUT2D eigenvalue weighted by Gasteiger charge is -2.25. The second kappa shape index (κ2) is 6.54. The Morgan fingerprint density at radius 1 is 0.957 bits per heavy atom. The summed E-state index contributed by atoms with van der Waals surface area (Å²) in [6.07, 6.45) is 0.740. The molecule has 4 nitrogen and oxygen atoms in total. The first kappa shape index (κ1) is 15.7. The molecule has 0 aromatic heterocycles. The lowest BCUT2D eigenvalue weighted by Crippen LogP contribution is -2.37. The molecule has 0 unspecified atom stereocenters. The number of sulfone groups is 1. The Bertz CT molecular complexity index is 768. The number of benzene rings is 2. The standard InChI is InChI=1S/C18H18O4S/c19-18(15-4-2-1-3-5-15)16-6-8-17(9-7-16)22-11-10-14-12-23(20,21)13-14/h1-9,14H,10-13H2. The fourth-order valence-corrected chi connectivity index (χ4v) is 4.31. The van der Waals surface area contributed by atoms with Crippen LogP contribution in [0.2, 0.25) is 0 Å². The second-order valence-electron chi connectivity index (χ2n) is 5.80. The van der Waals surface area contributed by atoms with Gasteiger partial charge in [-0.25, -0.2) is 8.42 Å². The van der Waals surface area contributed by atoms with Crippen LogP contribution in [0.4, 0.5) is 0 Å². The predicted octanol–water partition coefficient (Wildman–Crippen LogP) is 2.73. The number of carbonyl (C=O) groups is 1. The van der Waals surface area contributed by atoms with E-state index in [2.05, 4.69) is 0 Å². The van der Waals surface area contributed by atoms with Gasteiger partial charge in [-0.3, -0.25) is 4.79 Å². The van der Waals surface area contributed by atoms with Crippen molar-refractivity contribution in [1.29, 1.82) is 0 Å². The fourth-order valence-electron chi connectivity index (χ4n) is 2.64. The van der Waals surface area contributed by atoms with Crippen molar-refractivity contribution >= 4 is 15.6 Å². The average molecular weight is 330 g/mol. The number of hydrogen-bond acceptors (Lipinski definition) is 4. The summed E-state index contributed by atoms with van der Waals surface area (Å²) in [6, 6.07) is 16.2. The highest BCUT2D eigenvalue weighted by atomic mass is 32.2. The van der Waals surface area contributed by atoms with Crippen molar-refractivity contribution in [2.45, 2.75) is 6.42 Å². The SMILES string of the molecule is O=C(c1ccccc1)c1ccc(OCCC2CS(=O)(=O)C2)cc1. The molecule has 1 fully saturated rings. The largest absolute Gasteiger partial charge is 0.494 e. The van der Waals surface area contributed by atoms with Crippen molar-refractivity contribution in [2.75, 3.05) is 18.1 Å². The third kappa shape index (κ3) is 3.99. The Balaban J connectivity index is 1.52. The highest BCUT2D eigenvalue weighted by molar-refractivity contribution is 7.92. The quantitative estimate of drug-likeness (QED) is 0.764. The second-order valence-corrected chi connectivity index (χ2v) is 7.95. The monoisotopic (exact) mass is 330 g/mol. The first-order chi connectivity index (χ1) is 11.0. The molecule has 1 heterocycles. The Kier molecular flexibility index (Phi) is 4.48. The third-order valence-corrected chi connectivity index (χ3v) is 5.89. The summed E-state index contributed by atoms with van der Waals surface area (Å²) in [5.41, 5.74) is 1.28. The minimum Gasteiger partial charge on any atom is -0.494 e. The van der Waals surface area contributed by atoms with Crippen LogP contribution in [0.15, 0.2) is 54.6 Å². The molecule has 0 atom stereocenters. The zero-order valence-corrected chi connectivity index (χ0v) is 13.5. The highest BCUT2D eigenvalue weighted by Gasteiger charge is 2.32. The number of ether oxygens (including phenoxy) is 1. The maximum atomic E-state index is 12.3. The maximum absolute atomic E-state index is 12.3. The van der Waals surface area contributed by atoms with Gasteiger partial charge in [-0.1, -0.05) is 30.3 Å². The summed E-state index contributed by atoms with van der Waals surface area (Å²) in [7, 11) is -2.76. The normalized spacial score (nSPS) is 16.5. The molecule has 0 radical (unpaired) electrons. The van der Waals surface area contributed by atoms with E-state index in [0.717, 1.165) is 6.42 Å². The highest BCUT2D eigenvalue weighted by Crippen LogP contribution is 2.22. The smallest absolute Gasteiger partial charge is 0.193 e. The van der Waals surface area contributed by atoms with Gasteiger partial charge in [-0.15, -0.1) is 0 Å². The van der Waals surface area contributed by atoms with Gasteiger partial charge in [0.25, 0.3) is 0 Å². The predicted molar refractivity (Wildman–Crippen MR) is 88.6 cm³/mol. The Labute approximate surface area is 136 Å². The van der Waals surface area contributed by atoms with E-state index < -0.39 is 9.84 Å². The maximum Gasteiger partial charge on any atom is 0.193 e. The van der Waals surface area contributed by atoms with Gasteiger partial charge >= 0.3 is 0 Å². The van der Waals surface area contributed by atoms with Gasteiger partial charge in [0.15, 0.2) is 15.6 Å². The molecule has 0 spiro atoms. The van der Waals surface area contributed by atoms with Crippen LogP contribution in [0.3, 0.4) is 0 Å². The van der Waals surface area contributed by atoms with Crippen LogP contribution in [-0.2, 0) is 9.84 Å².